The molecule has 1 aliphatic heterocycles. The number of likely N-dealkylation sites (tertiary alicyclic amines) is 1. The highest BCUT2D eigenvalue weighted by atomic mass is 35.5. The summed E-state index contributed by atoms with van der Waals surface area (Å²) < 4.78 is 58.0. The molecule has 0 spiro atoms. The number of hydrogen-bond acceptors (Lipinski definition) is 4. The maximum absolute atomic E-state index is 13.5. The monoisotopic (exact) mass is 540 g/mol. The van der Waals surface area contributed by atoms with E-state index in [0.29, 0.717) is 51.0 Å². The second-order valence-electron chi connectivity index (χ2n) is 9.14. The lowest BCUT2D eigenvalue weighted by atomic mass is 9.88. The van der Waals surface area contributed by atoms with E-state index < -0.39 is 23.2 Å². The molecule has 0 unspecified atom stereocenters. The van der Waals surface area contributed by atoms with Gasteiger partial charge < -0.3 is 14.7 Å². The van der Waals surface area contributed by atoms with Crippen molar-refractivity contribution < 1.29 is 27.4 Å². The lowest BCUT2D eigenvalue weighted by Gasteiger charge is -2.39. The summed E-state index contributed by atoms with van der Waals surface area (Å²) in [6, 6.07) is 11.0. The number of anilines is 1. The lowest BCUT2D eigenvalue weighted by molar-refractivity contribution is -0.140. The molecule has 198 valence electrons. The van der Waals surface area contributed by atoms with Crippen molar-refractivity contribution in [3.8, 4) is 5.75 Å². The second kappa shape index (κ2) is 13.0. The zero-order chi connectivity index (χ0) is 24.2. The molecule has 1 aliphatic rings. The molecule has 2 aromatic rings. The molecule has 2 aromatic carbocycles. The number of aliphatic hydroxyl groups is 1. The molecule has 35 heavy (non-hydrogen) atoms. The Morgan fingerprint density at radius 2 is 1.66 bits per heavy atom. The standard InChI is InChI=1S/C25H32F4N2O2.2ClH/c1-18(2)33-21-7-5-20(6-8-21)30(3)13-10-24(32)11-14-31(15-12-24)17-19-4-9-23(26)22(16-19)25(27,28)29;;/h4-9,16,18,32H,10-15,17H2,1-3H3;2*1H. The summed E-state index contributed by atoms with van der Waals surface area (Å²) in [6.07, 6.45) is -2.93. The highest BCUT2D eigenvalue weighted by Crippen LogP contribution is 2.33. The van der Waals surface area contributed by atoms with E-state index in [0.717, 1.165) is 23.6 Å². The van der Waals surface area contributed by atoms with E-state index in [9.17, 15) is 22.7 Å². The van der Waals surface area contributed by atoms with Crippen LogP contribution in [0.1, 0.15) is 44.2 Å². The highest BCUT2D eigenvalue weighted by molar-refractivity contribution is 5.85. The van der Waals surface area contributed by atoms with Gasteiger partial charge in [-0.25, -0.2) is 4.39 Å². The predicted molar refractivity (Wildman–Crippen MR) is 135 cm³/mol. The number of nitrogens with zero attached hydrogens (tertiary/aromatic N) is 2. The highest BCUT2D eigenvalue weighted by Gasteiger charge is 2.35. The van der Waals surface area contributed by atoms with Crippen LogP contribution in [0.5, 0.6) is 5.75 Å². The Hall–Kier alpha value is -1.74. The first-order chi connectivity index (χ1) is 15.4. The lowest BCUT2D eigenvalue weighted by Crippen LogP contribution is -2.45. The number of alkyl halides is 3. The summed E-state index contributed by atoms with van der Waals surface area (Å²) in [5.41, 5.74) is -0.603. The third kappa shape index (κ3) is 9.01. The fourth-order valence-electron chi connectivity index (χ4n) is 4.08. The second-order valence-corrected chi connectivity index (χ2v) is 9.14. The van der Waals surface area contributed by atoms with E-state index in [2.05, 4.69) is 4.90 Å². The normalized spacial score (nSPS) is 15.8. The van der Waals surface area contributed by atoms with Crippen LogP contribution in [0, 0.1) is 5.82 Å². The molecule has 0 radical (unpaired) electrons. The van der Waals surface area contributed by atoms with Crippen molar-refractivity contribution in [1.82, 2.24) is 4.90 Å². The van der Waals surface area contributed by atoms with E-state index in [1.165, 1.54) is 6.07 Å². The Balaban J connectivity index is 0.00000306. The third-order valence-electron chi connectivity index (χ3n) is 6.09. The van der Waals surface area contributed by atoms with Gasteiger partial charge in [-0.15, -0.1) is 24.8 Å². The number of ether oxygens (including phenoxy) is 1. The van der Waals surface area contributed by atoms with Crippen LogP contribution in [0.3, 0.4) is 0 Å². The van der Waals surface area contributed by atoms with Crippen LogP contribution in [-0.4, -0.2) is 48.4 Å². The van der Waals surface area contributed by atoms with Crippen molar-refractivity contribution in [1.29, 1.82) is 0 Å². The van der Waals surface area contributed by atoms with Gasteiger partial charge in [-0.3, -0.25) is 4.90 Å². The fourth-order valence-corrected chi connectivity index (χ4v) is 4.08. The van der Waals surface area contributed by atoms with Crippen molar-refractivity contribution in [2.45, 2.75) is 57.5 Å². The quantitative estimate of drug-likeness (QED) is 0.397. The Morgan fingerprint density at radius 3 is 2.20 bits per heavy atom. The molecule has 1 heterocycles. The molecule has 1 N–H and O–H groups in total. The molecular formula is C25H34Cl2F4N2O2. The molecule has 4 nitrogen and oxygen atoms in total. The largest absolute Gasteiger partial charge is 0.491 e. The summed E-state index contributed by atoms with van der Waals surface area (Å²) in [5, 5.41) is 11.0. The number of benzene rings is 2. The van der Waals surface area contributed by atoms with Gasteiger partial charge in [0, 0.05) is 38.9 Å². The Kier molecular flexibility index (Phi) is 11.6. The van der Waals surface area contributed by atoms with Crippen molar-refractivity contribution >= 4 is 30.5 Å². The average molecular weight is 541 g/mol. The summed E-state index contributed by atoms with van der Waals surface area (Å²) in [4.78, 5) is 4.08. The molecule has 0 aromatic heterocycles. The maximum Gasteiger partial charge on any atom is 0.419 e. The van der Waals surface area contributed by atoms with Gasteiger partial charge in [0.1, 0.15) is 11.6 Å². The van der Waals surface area contributed by atoms with E-state index in [1.54, 1.807) is 0 Å². The first-order valence-electron chi connectivity index (χ1n) is 11.2. The van der Waals surface area contributed by atoms with E-state index in [4.69, 9.17) is 4.74 Å². The zero-order valence-electron chi connectivity index (χ0n) is 20.1. The minimum absolute atomic E-state index is 0. The van der Waals surface area contributed by atoms with Crippen LogP contribution in [0.4, 0.5) is 23.2 Å². The fraction of sp³-hybridized carbons (Fsp3) is 0.520. The van der Waals surface area contributed by atoms with Crippen molar-refractivity contribution in [3.63, 3.8) is 0 Å². The van der Waals surface area contributed by atoms with Gasteiger partial charge in [-0.05, 0) is 75.1 Å². The van der Waals surface area contributed by atoms with Gasteiger partial charge in [-0.1, -0.05) is 6.07 Å². The first kappa shape index (κ1) is 31.3. The minimum Gasteiger partial charge on any atom is -0.491 e. The average Bonchev–Trinajstić information content (AvgIpc) is 2.74. The molecule has 3 rings (SSSR count). The first-order valence-corrected chi connectivity index (χ1v) is 11.2. The Bertz CT molecular complexity index is 919. The van der Waals surface area contributed by atoms with Gasteiger partial charge in [0.25, 0.3) is 0 Å². The molecule has 1 saturated heterocycles. The summed E-state index contributed by atoms with van der Waals surface area (Å²) >= 11 is 0. The Morgan fingerprint density at radius 1 is 1.06 bits per heavy atom. The predicted octanol–water partition coefficient (Wildman–Crippen LogP) is 6.33. The van der Waals surface area contributed by atoms with E-state index in [-0.39, 0.29) is 30.9 Å². The van der Waals surface area contributed by atoms with Gasteiger partial charge in [-0.2, -0.15) is 13.2 Å². The molecule has 0 aliphatic carbocycles. The molecular weight excluding hydrogens is 507 g/mol. The SMILES string of the molecule is CC(C)Oc1ccc(N(C)CCC2(O)CCN(Cc3ccc(F)c(C(F)(F)F)c3)CC2)cc1.Cl.Cl. The van der Waals surface area contributed by atoms with Gasteiger partial charge >= 0.3 is 6.18 Å². The Labute approximate surface area is 217 Å². The van der Waals surface area contributed by atoms with Crippen LogP contribution in [0.25, 0.3) is 0 Å². The van der Waals surface area contributed by atoms with Crippen LogP contribution < -0.4 is 9.64 Å². The van der Waals surface area contributed by atoms with Crippen molar-refractivity contribution in [2.24, 2.45) is 0 Å². The number of piperidine rings is 1. The molecule has 0 bridgehead atoms. The topological polar surface area (TPSA) is 35.9 Å². The number of hydrogen-bond donors (Lipinski definition) is 1. The van der Waals surface area contributed by atoms with Crippen molar-refractivity contribution in [3.05, 3.63) is 59.4 Å². The summed E-state index contributed by atoms with van der Waals surface area (Å²) in [6.45, 7) is 6.06. The van der Waals surface area contributed by atoms with Gasteiger partial charge in [0.05, 0.1) is 17.3 Å². The smallest absolute Gasteiger partial charge is 0.419 e. The molecule has 10 heteroatoms. The number of rotatable bonds is 8. The van der Waals surface area contributed by atoms with E-state index >= 15 is 0 Å². The van der Waals surface area contributed by atoms with Crippen LogP contribution >= 0.6 is 24.8 Å². The minimum atomic E-state index is -4.71. The molecule has 0 atom stereocenters. The third-order valence-corrected chi connectivity index (χ3v) is 6.09. The van der Waals surface area contributed by atoms with Crippen molar-refractivity contribution in [2.75, 3.05) is 31.6 Å². The molecule has 0 saturated carbocycles. The van der Waals surface area contributed by atoms with Gasteiger partial charge in [0.15, 0.2) is 0 Å². The van der Waals surface area contributed by atoms with Gasteiger partial charge in [0.2, 0.25) is 0 Å². The maximum atomic E-state index is 13.5. The molecule has 0 amide bonds. The summed E-state index contributed by atoms with van der Waals surface area (Å²) in [5.74, 6) is -0.442. The van der Waals surface area contributed by atoms with Crippen LogP contribution in [0.15, 0.2) is 42.5 Å². The van der Waals surface area contributed by atoms with Crippen LogP contribution in [0.2, 0.25) is 0 Å². The molecule has 1 fully saturated rings. The van der Waals surface area contributed by atoms with E-state index in [1.807, 2.05) is 50.1 Å². The van der Waals surface area contributed by atoms with Crippen LogP contribution in [-0.2, 0) is 12.7 Å². The summed E-state index contributed by atoms with van der Waals surface area (Å²) in [7, 11) is 1.98. The zero-order valence-corrected chi connectivity index (χ0v) is 21.8. The number of halogens is 6.